The third-order valence-electron chi connectivity index (χ3n) is 7.12. The monoisotopic (exact) mass is 502 g/mol. The van der Waals surface area contributed by atoms with Gasteiger partial charge in [0, 0.05) is 16.8 Å². The van der Waals surface area contributed by atoms with E-state index in [0.29, 0.717) is 48.9 Å². The Bertz CT molecular complexity index is 1310. The van der Waals surface area contributed by atoms with E-state index in [0.717, 1.165) is 18.8 Å². The number of benzene rings is 2. The number of hydrogen-bond donors (Lipinski definition) is 1. The van der Waals surface area contributed by atoms with Gasteiger partial charge in [-0.15, -0.1) is 0 Å². The largest absolute Gasteiger partial charge is 0.872 e. The number of morpholine rings is 1. The van der Waals surface area contributed by atoms with Gasteiger partial charge in [0.15, 0.2) is 0 Å². The summed E-state index contributed by atoms with van der Waals surface area (Å²) >= 11 is 0. The topological polar surface area (TPSA) is 101 Å². The molecule has 1 atom stereocenters. The van der Waals surface area contributed by atoms with Crippen LogP contribution in [0, 0.1) is 6.92 Å². The van der Waals surface area contributed by atoms with Gasteiger partial charge in [-0.2, -0.15) is 5.10 Å². The van der Waals surface area contributed by atoms with Crippen LogP contribution in [0.3, 0.4) is 0 Å². The van der Waals surface area contributed by atoms with E-state index in [1.807, 2.05) is 30.3 Å². The fourth-order valence-corrected chi connectivity index (χ4v) is 5.03. The van der Waals surface area contributed by atoms with Gasteiger partial charge in [0.2, 0.25) is 5.78 Å². The quantitative estimate of drug-likeness (QED) is 0.284. The lowest BCUT2D eigenvalue weighted by Gasteiger charge is -2.30. The number of carbonyl (C=O) groups excluding carboxylic acids is 2. The van der Waals surface area contributed by atoms with Gasteiger partial charge >= 0.3 is 0 Å². The van der Waals surface area contributed by atoms with E-state index < -0.39 is 23.5 Å². The molecular formula is C28H30N4O5. The molecule has 3 aromatic rings. The van der Waals surface area contributed by atoms with Crippen molar-refractivity contribution in [2.45, 2.75) is 13.0 Å². The minimum Gasteiger partial charge on any atom is -0.872 e. The lowest BCUT2D eigenvalue weighted by molar-refractivity contribution is -0.907. The third kappa shape index (κ3) is 4.75. The summed E-state index contributed by atoms with van der Waals surface area (Å²) in [5.41, 5.74) is 2.36. The molecule has 0 aliphatic carbocycles. The molecule has 9 nitrogen and oxygen atoms in total. The SMILES string of the molecule is COc1ccc(C2C(=C([O-])c3cnn(-c4ccccc4)c3C)C(=O)C(=O)N2CC[NH+]2CCOCC2)cc1. The number of quaternary nitrogens is 1. The fraction of sp³-hybridized carbons (Fsp3) is 0.321. The van der Waals surface area contributed by atoms with Gasteiger partial charge in [-0.1, -0.05) is 36.1 Å². The summed E-state index contributed by atoms with van der Waals surface area (Å²) in [7, 11) is 1.57. The maximum absolute atomic E-state index is 13.9. The van der Waals surface area contributed by atoms with E-state index in [-0.39, 0.29) is 5.57 Å². The molecule has 2 aliphatic rings. The molecule has 1 aromatic heterocycles. The van der Waals surface area contributed by atoms with Crippen molar-refractivity contribution in [2.24, 2.45) is 0 Å². The zero-order valence-electron chi connectivity index (χ0n) is 21.0. The number of methoxy groups -OCH3 is 1. The average molecular weight is 503 g/mol. The number of ether oxygens (including phenoxy) is 2. The van der Waals surface area contributed by atoms with Gasteiger partial charge in [0.05, 0.1) is 51.3 Å². The number of hydrogen-bond acceptors (Lipinski definition) is 6. The number of carbonyl (C=O) groups is 2. The zero-order valence-corrected chi connectivity index (χ0v) is 21.0. The summed E-state index contributed by atoms with van der Waals surface area (Å²) in [5, 5.41) is 18.3. The highest BCUT2D eigenvalue weighted by atomic mass is 16.5. The van der Waals surface area contributed by atoms with Crippen molar-refractivity contribution in [3.63, 3.8) is 0 Å². The highest BCUT2D eigenvalue weighted by Crippen LogP contribution is 2.39. The molecule has 37 heavy (non-hydrogen) atoms. The van der Waals surface area contributed by atoms with E-state index in [4.69, 9.17) is 9.47 Å². The van der Waals surface area contributed by atoms with Crippen LogP contribution in [0.4, 0.5) is 0 Å². The van der Waals surface area contributed by atoms with Crippen LogP contribution in [0.1, 0.15) is 22.9 Å². The predicted molar refractivity (Wildman–Crippen MR) is 134 cm³/mol. The molecule has 0 spiro atoms. The van der Waals surface area contributed by atoms with Crippen molar-refractivity contribution in [3.05, 3.63) is 83.2 Å². The normalized spacial score (nSPS) is 19.9. The maximum Gasteiger partial charge on any atom is 0.295 e. The maximum atomic E-state index is 13.9. The molecule has 2 aromatic carbocycles. The van der Waals surface area contributed by atoms with Crippen molar-refractivity contribution in [2.75, 3.05) is 46.5 Å². The second kappa shape index (κ2) is 10.6. The van der Waals surface area contributed by atoms with Crippen LogP contribution in [0.15, 0.2) is 66.4 Å². The molecule has 2 aliphatic heterocycles. The van der Waals surface area contributed by atoms with Crippen LogP contribution in [0.25, 0.3) is 11.4 Å². The first-order valence-corrected chi connectivity index (χ1v) is 12.4. The number of rotatable bonds is 7. The Kier molecular flexibility index (Phi) is 7.07. The van der Waals surface area contributed by atoms with Crippen LogP contribution in [-0.2, 0) is 14.3 Å². The van der Waals surface area contributed by atoms with Crippen LogP contribution in [-0.4, -0.2) is 72.9 Å². The molecule has 2 saturated heterocycles. The predicted octanol–water partition coefficient (Wildman–Crippen LogP) is 0.328. The fourth-order valence-electron chi connectivity index (χ4n) is 5.03. The van der Waals surface area contributed by atoms with E-state index >= 15 is 0 Å². The Morgan fingerprint density at radius 3 is 2.49 bits per heavy atom. The second-order valence-corrected chi connectivity index (χ2v) is 9.25. The van der Waals surface area contributed by atoms with Crippen molar-refractivity contribution < 1.29 is 29.1 Å². The minimum atomic E-state index is -0.779. The number of nitrogens with zero attached hydrogens (tertiary/aromatic N) is 3. The molecule has 9 heteroatoms. The molecule has 1 unspecified atom stereocenters. The number of para-hydroxylation sites is 1. The molecule has 3 heterocycles. The number of Topliss-reactive ketones (excluding diaryl/α,β-unsaturated/α-hetero) is 1. The highest BCUT2D eigenvalue weighted by molar-refractivity contribution is 6.46. The number of ketones is 1. The Morgan fingerprint density at radius 2 is 1.81 bits per heavy atom. The van der Waals surface area contributed by atoms with Crippen LogP contribution < -0.4 is 14.7 Å². The van der Waals surface area contributed by atoms with Gasteiger partial charge in [-0.05, 0) is 36.8 Å². The summed E-state index contributed by atoms with van der Waals surface area (Å²) in [6.07, 6.45) is 1.47. The smallest absolute Gasteiger partial charge is 0.295 e. The van der Waals surface area contributed by atoms with Crippen molar-refractivity contribution in [3.8, 4) is 11.4 Å². The third-order valence-corrected chi connectivity index (χ3v) is 7.12. The summed E-state index contributed by atoms with van der Waals surface area (Å²) < 4.78 is 12.4. The first-order valence-electron chi connectivity index (χ1n) is 12.4. The number of likely N-dealkylation sites (tertiary alicyclic amines) is 1. The van der Waals surface area contributed by atoms with Gasteiger partial charge in [0.1, 0.15) is 18.8 Å². The number of nitrogens with one attached hydrogen (secondary N) is 1. The summed E-state index contributed by atoms with van der Waals surface area (Å²) in [6.45, 7) is 5.84. The standard InChI is InChI=1S/C28H30N4O5/c1-19-23(18-29-32(19)21-6-4-3-5-7-21)26(33)24-25(20-8-10-22(36-2)11-9-20)31(28(35)27(24)34)13-12-30-14-16-37-17-15-30/h3-11,18,25,33H,12-17H2,1-2H3. The Balaban J connectivity index is 1.55. The molecule has 1 amide bonds. The molecule has 2 fully saturated rings. The Morgan fingerprint density at radius 1 is 1.11 bits per heavy atom. The Hall–Kier alpha value is -3.95. The lowest BCUT2D eigenvalue weighted by Crippen LogP contribution is -3.14. The van der Waals surface area contributed by atoms with Crippen LogP contribution >= 0.6 is 0 Å². The summed E-state index contributed by atoms with van der Waals surface area (Å²) in [5.74, 6) is -1.23. The minimum absolute atomic E-state index is 0.0390. The van der Waals surface area contributed by atoms with Crippen LogP contribution in [0.5, 0.6) is 5.75 Å². The molecule has 0 radical (unpaired) electrons. The second-order valence-electron chi connectivity index (χ2n) is 9.25. The van der Waals surface area contributed by atoms with Gasteiger partial charge in [-0.3, -0.25) is 9.59 Å². The molecule has 0 saturated carbocycles. The summed E-state index contributed by atoms with van der Waals surface area (Å²) in [6, 6.07) is 15.8. The van der Waals surface area contributed by atoms with E-state index in [1.165, 1.54) is 16.0 Å². The van der Waals surface area contributed by atoms with Crippen molar-refractivity contribution in [1.29, 1.82) is 0 Å². The molecule has 5 rings (SSSR count). The number of aromatic nitrogens is 2. The van der Waals surface area contributed by atoms with Crippen molar-refractivity contribution >= 4 is 17.4 Å². The average Bonchev–Trinajstić information content (AvgIpc) is 3.45. The zero-order chi connectivity index (χ0) is 25.9. The van der Waals surface area contributed by atoms with E-state index in [2.05, 4.69) is 5.10 Å². The van der Waals surface area contributed by atoms with Gasteiger partial charge in [-0.25, -0.2) is 4.68 Å². The van der Waals surface area contributed by atoms with Gasteiger partial charge < -0.3 is 24.4 Å². The van der Waals surface area contributed by atoms with E-state index in [1.54, 1.807) is 43.0 Å². The van der Waals surface area contributed by atoms with E-state index in [9.17, 15) is 14.7 Å². The first kappa shape index (κ1) is 24.7. The lowest BCUT2D eigenvalue weighted by atomic mass is 9.95. The molecule has 1 N–H and O–H groups in total. The molecular weight excluding hydrogens is 472 g/mol. The van der Waals surface area contributed by atoms with Crippen molar-refractivity contribution in [1.82, 2.24) is 14.7 Å². The first-order chi connectivity index (χ1) is 18.0. The molecule has 192 valence electrons. The molecule has 0 bridgehead atoms. The summed E-state index contributed by atoms with van der Waals surface area (Å²) in [4.78, 5) is 29.5. The van der Waals surface area contributed by atoms with Gasteiger partial charge in [0.25, 0.3) is 5.91 Å². The Labute approximate surface area is 215 Å². The van der Waals surface area contributed by atoms with Crippen LogP contribution in [0.2, 0.25) is 0 Å². The number of amides is 1. The highest BCUT2D eigenvalue weighted by Gasteiger charge is 2.44.